The third-order valence-corrected chi connectivity index (χ3v) is 2.56. The Morgan fingerprint density at radius 3 is 1.78 bits per heavy atom. The van der Waals surface area contributed by atoms with Crippen molar-refractivity contribution in [3.05, 3.63) is 64.6 Å². The van der Waals surface area contributed by atoms with Gasteiger partial charge in [0.15, 0.2) is 0 Å². The molecule has 0 amide bonds. The quantitative estimate of drug-likeness (QED) is 0.463. The molecule has 0 bridgehead atoms. The number of carbonyl (C=O) groups excluding carboxylic acids is 1. The second-order valence-electron chi connectivity index (χ2n) is 3.80. The Hall–Kier alpha value is -2.58. The van der Waals surface area contributed by atoms with E-state index in [1.807, 2.05) is 24.3 Å². The van der Waals surface area contributed by atoms with Gasteiger partial charge < -0.3 is 0 Å². The molecule has 18 heavy (non-hydrogen) atoms. The molecule has 0 aromatic heterocycles. The van der Waals surface area contributed by atoms with Gasteiger partial charge >= 0.3 is 0 Å². The van der Waals surface area contributed by atoms with Gasteiger partial charge in [-0.2, -0.15) is 4.99 Å². The van der Waals surface area contributed by atoms with E-state index in [-0.39, 0.29) is 0 Å². The highest BCUT2D eigenvalue weighted by molar-refractivity contribution is 5.49. The lowest BCUT2D eigenvalue weighted by Crippen LogP contribution is -1.86. The summed E-state index contributed by atoms with van der Waals surface area (Å²) in [6.45, 7) is 0. The van der Waals surface area contributed by atoms with E-state index >= 15 is 0 Å². The van der Waals surface area contributed by atoms with Gasteiger partial charge in [0.05, 0.1) is 5.69 Å². The van der Waals surface area contributed by atoms with Crippen molar-refractivity contribution in [2.45, 2.75) is 6.42 Å². The number of rotatable bonds is 4. The van der Waals surface area contributed by atoms with E-state index in [9.17, 15) is 9.70 Å². The summed E-state index contributed by atoms with van der Waals surface area (Å²) in [5, 5.41) is 2.85. The summed E-state index contributed by atoms with van der Waals surface area (Å²) in [4.78, 5) is 23.9. The van der Waals surface area contributed by atoms with Crippen molar-refractivity contribution in [1.29, 1.82) is 0 Å². The monoisotopic (exact) mass is 238 g/mol. The van der Waals surface area contributed by atoms with Gasteiger partial charge in [0.25, 0.3) is 0 Å². The van der Waals surface area contributed by atoms with E-state index in [1.54, 1.807) is 24.3 Å². The molecular weight excluding hydrogens is 228 g/mol. The molecule has 0 aliphatic rings. The Morgan fingerprint density at radius 1 is 0.833 bits per heavy atom. The molecular formula is C14H10N2O2. The lowest BCUT2D eigenvalue weighted by atomic mass is 10.0. The summed E-state index contributed by atoms with van der Waals surface area (Å²) in [6, 6.07) is 14.5. The largest absolute Gasteiger partial charge is 0.240 e. The predicted octanol–water partition coefficient (Wildman–Crippen LogP) is 3.64. The highest BCUT2D eigenvalue weighted by Crippen LogP contribution is 2.17. The SMILES string of the molecule is O=C=Nc1ccc(Cc2ccc(N=O)cc2)cc1. The van der Waals surface area contributed by atoms with E-state index in [1.165, 1.54) is 6.08 Å². The number of nitrogens with zero attached hydrogens (tertiary/aromatic N) is 2. The van der Waals surface area contributed by atoms with Crippen molar-refractivity contribution in [3.63, 3.8) is 0 Å². The van der Waals surface area contributed by atoms with Gasteiger partial charge in [-0.05, 0) is 47.0 Å². The number of hydrogen-bond acceptors (Lipinski definition) is 4. The van der Waals surface area contributed by atoms with E-state index in [2.05, 4.69) is 10.2 Å². The summed E-state index contributed by atoms with van der Waals surface area (Å²) < 4.78 is 0. The van der Waals surface area contributed by atoms with Gasteiger partial charge in [-0.15, -0.1) is 4.91 Å². The fourth-order valence-corrected chi connectivity index (χ4v) is 1.65. The summed E-state index contributed by atoms with van der Waals surface area (Å²) in [5.41, 5.74) is 3.21. The van der Waals surface area contributed by atoms with Gasteiger partial charge in [0, 0.05) is 0 Å². The van der Waals surface area contributed by atoms with Gasteiger partial charge in [-0.1, -0.05) is 24.3 Å². The minimum absolute atomic E-state index is 0.425. The van der Waals surface area contributed by atoms with Crippen LogP contribution in [-0.4, -0.2) is 6.08 Å². The second-order valence-corrected chi connectivity index (χ2v) is 3.80. The average molecular weight is 238 g/mol. The molecule has 0 heterocycles. The standard InChI is InChI=1S/C14H10N2O2/c17-10-15-13-5-1-11(2-6-13)9-12-3-7-14(16-18)8-4-12/h1-8H,9H2. The molecule has 0 N–H and O–H groups in total. The molecule has 0 fully saturated rings. The Kier molecular flexibility index (Phi) is 3.74. The van der Waals surface area contributed by atoms with Crippen LogP contribution in [0.1, 0.15) is 11.1 Å². The highest BCUT2D eigenvalue weighted by atomic mass is 16.3. The highest BCUT2D eigenvalue weighted by Gasteiger charge is 1.98. The van der Waals surface area contributed by atoms with Gasteiger partial charge in [0.1, 0.15) is 5.69 Å². The van der Waals surface area contributed by atoms with Crippen LogP contribution in [0.5, 0.6) is 0 Å². The zero-order chi connectivity index (χ0) is 12.8. The molecule has 2 aromatic carbocycles. The van der Waals surface area contributed by atoms with Crippen molar-refractivity contribution in [2.24, 2.45) is 10.2 Å². The molecule has 88 valence electrons. The minimum Gasteiger partial charge on any atom is -0.211 e. The molecule has 4 heteroatoms. The molecule has 0 saturated carbocycles. The molecule has 2 rings (SSSR count). The van der Waals surface area contributed by atoms with Crippen LogP contribution < -0.4 is 0 Å². The van der Waals surface area contributed by atoms with Crippen LogP contribution in [0.25, 0.3) is 0 Å². The van der Waals surface area contributed by atoms with Crippen LogP contribution in [-0.2, 0) is 11.2 Å². The van der Waals surface area contributed by atoms with Crippen LogP contribution in [0.15, 0.2) is 58.7 Å². The van der Waals surface area contributed by atoms with E-state index in [0.717, 1.165) is 17.5 Å². The van der Waals surface area contributed by atoms with E-state index < -0.39 is 0 Å². The fraction of sp³-hybridized carbons (Fsp3) is 0.0714. The van der Waals surface area contributed by atoms with Crippen molar-refractivity contribution < 1.29 is 4.79 Å². The van der Waals surface area contributed by atoms with Gasteiger partial charge in [-0.3, -0.25) is 0 Å². The topological polar surface area (TPSA) is 58.9 Å². The zero-order valence-corrected chi connectivity index (χ0v) is 9.54. The first kappa shape index (κ1) is 11.9. The van der Waals surface area contributed by atoms with Crippen LogP contribution in [0, 0.1) is 4.91 Å². The number of nitroso groups, excluding NO2 is 1. The average Bonchev–Trinajstić information content (AvgIpc) is 2.42. The van der Waals surface area contributed by atoms with Crippen molar-refractivity contribution in [2.75, 3.05) is 0 Å². The third-order valence-electron chi connectivity index (χ3n) is 2.56. The van der Waals surface area contributed by atoms with Crippen molar-refractivity contribution in [3.8, 4) is 0 Å². The normalized spacial score (nSPS) is 9.56. The van der Waals surface area contributed by atoms with Crippen molar-refractivity contribution in [1.82, 2.24) is 0 Å². The fourth-order valence-electron chi connectivity index (χ4n) is 1.65. The Bertz CT molecular complexity index is 582. The van der Waals surface area contributed by atoms with Gasteiger partial charge in [0.2, 0.25) is 6.08 Å². The lowest BCUT2D eigenvalue weighted by molar-refractivity contribution is 0.565. The number of aliphatic imine (C=N–C) groups is 1. The summed E-state index contributed by atoms with van der Waals surface area (Å²) in [5.74, 6) is 0. The molecule has 0 aliphatic heterocycles. The predicted molar refractivity (Wildman–Crippen MR) is 68.9 cm³/mol. The molecule has 0 saturated heterocycles. The van der Waals surface area contributed by atoms with E-state index in [4.69, 9.17) is 0 Å². The minimum atomic E-state index is 0.425. The molecule has 2 aromatic rings. The lowest BCUT2D eigenvalue weighted by Gasteiger charge is -2.02. The van der Waals surface area contributed by atoms with Crippen LogP contribution >= 0.6 is 0 Å². The van der Waals surface area contributed by atoms with Crippen LogP contribution in [0.4, 0.5) is 11.4 Å². The third kappa shape index (κ3) is 2.97. The zero-order valence-electron chi connectivity index (χ0n) is 9.54. The Balaban J connectivity index is 2.12. The van der Waals surface area contributed by atoms with Gasteiger partial charge in [-0.25, -0.2) is 4.79 Å². The summed E-state index contributed by atoms with van der Waals surface area (Å²) in [7, 11) is 0. The molecule has 0 unspecified atom stereocenters. The maximum Gasteiger partial charge on any atom is 0.240 e. The molecule has 0 atom stereocenters. The Morgan fingerprint density at radius 2 is 1.33 bits per heavy atom. The van der Waals surface area contributed by atoms with E-state index in [0.29, 0.717) is 11.4 Å². The summed E-state index contributed by atoms with van der Waals surface area (Å²) >= 11 is 0. The number of isocyanates is 1. The summed E-state index contributed by atoms with van der Waals surface area (Å²) in [6.07, 6.45) is 2.25. The Labute approximate surface area is 104 Å². The smallest absolute Gasteiger partial charge is 0.211 e. The first-order chi connectivity index (χ1) is 8.81. The molecule has 0 spiro atoms. The first-order valence-corrected chi connectivity index (χ1v) is 5.41. The maximum absolute atomic E-state index is 10.3. The molecule has 0 radical (unpaired) electrons. The number of hydrogen-bond donors (Lipinski definition) is 0. The maximum atomic E-state index is 10.3. The van der Waals surface area contributed by atoms with Crippen molar-refractivity contribution >= 4 is 17.5 Å². The second kappa shape index (κ2) is 5.66. The molecule has 0 aliphatic carbocycles. The molecule has 4 nitrogen and oxygen atoms in total. The van der Waals surface area contributed by atoms with Crippen LogP contribution in [0.3, 0.4) is 0 Å². The first-order valence-electron chi connectivity index (χ1n) is 5.41. The van der Waals surface area contributed by atoms with Crippen LogP contribution in [0.2, 0.25) is 0 Å². The number of benzene rings is 2.